The minimum atomic E-state index is -0.332. The third kappa shape index (κ3) is 1.67. The van der Waals surface area contributed by atoms with E-state index in [1.165, 1.54) is 0 Å². The first-order valence-corrected chi connectivity index (χ1v) is 5.11. The van der Waals surface area contributed by atoms with Crippen LogP contribution in [0.2, 0.25) is 0 Å². The van der Waals surface area contributed by atoms with Crippen molar-refractivity contribution in [2.45, 2.75) is 39.7 Å². The Morgan fingerprint density at radius 2 is 2.21 bits per heavy atom. The fraction of sp³-hybridized carbons (Fsp3) is 0.583. The number of hydrogen-bond acceptors (Lipinski definition) is 2. The van der Waals surface area contributed by atoms with Gasteiger partial charge in [0.1, 0.15) is 0 Å². The molecule has 0 fully saturated rings. The molecule has 0 saturated heterocycles. The van der Waals surface area contributed by atoms with Crippen LogP contribution in [-0.4, -0.2) is 10.1 Å². The highest BCUT2D eigenvalue weighted by Gasteiger charge is 2.31. The predicted molar refractivity (Wildman–Crippen MR) is 56.0 cm³/mol. The van der Waals surface area contributed by atoms with Gasteiger partial charge in [-0.25, -0.2) is 0 Å². The molecule has 2 nitrogen and oxygen atoms in total. The lowest BCUT2D eigenvalue weighted by atomic mass is 9.75. The molecule has 1 heterocycles. The second-order valence-corrected chi connectivity index (χ2v) is 5.11. The number of pyridine rings is 1. The molecular weight excluding hydrogens is 174 g/mol. The van der Waals surface area contributed by atoms with Gasteiger partial charge in [0.25, 0.3) is 0 Å². The van der Waals surface area contributed by atoms with Crippen LogP contribution in [0.15, 0.2) is 12.3 Å². The Morgan fingerprint density at radius 3 is 2.93 bits per heavy atom. The van der Waals surface area contributed by atoms with Crippen LogP contribution in [0, 0.1) is 12.3 Å². The molecule has 1 atom stereocenters. The number of hydrogen-bond donors (Lipinski definition) is 1. The molecule has 0 saturated carbocycles. The molecule has 0 bridgehead atoms. The highest BCUT2D eigenvalue weighted by Crippen LogP contribution is 2.39. The Hall–Kier alpha value is -0.890. The molecule has 0 aromatic carbocycles. The van der Waals surface area contributed by atoms with Crippen LogP contribution in [0.25, 0.3) is 0 Å². The Labute approximate surface area is 85.0 Å². The summed E-state index contributed by atoms with van der Waals surface area (Å²) in [5, 5.41) is 9.98. The number of aromatic nitrogens is 1. The van der Waals surface area contributed by atoms with E-state index in [4.69, 9.17) is 0 Å². The Kier molecular flexibility index (Phi) is 2.11. The lowest BCUT2D eigenvalue weighted by Gasteiger charge is -2.33. The molecule has 2 rings (SSSR count). The fourth-order valence-corrected chi connectivity index (χ4v) is 2.22. The number of aryl methyl sites for hydroxylation is 1. The van der Waals surface area contributed by atoms with Crippen molar-refractivity contribution in [3.8, 4) is 0 Å². The van der Waals surface area contributed by atoms with Gasteiger partial charge in [0, 0.05) is 17.5 Å². The van der Waals surface area contributed by atoms with Crippen LogP contribution < -0.4 is 0 Å². The van der Waals surface area contributed by atoms with Gasteiger partial charge in [-0.3, -0.25) is 4.98 Å². The summed E-state index contributed by atoms with van der Waals surface area (Å²) in [5.74, 6) is 0. The van der Waals surface area contributed by atoms with E-state index in [1.54, 1.807) is 0 Å². The smallest absolute Gasteiger partial charge is 0.0813 e. The van der Waals surface area contributed by atoms with Crippen LogP contribution >= 0.6 is 0 Å². The third-order valence-corrected chi connectivity index (χ3v) is 2.89. The molecule has 1 aromatic heterocycles. The van der Waals surface area contributed by atoms with E-state index in [-0.39, 0.29) is 11.5 Å². The number of aliphatic hydroxyl groups excluding tert-OH is 1. The lowest BCUT2D eigenvalue weighted by molar-refractivity contribution is 0.0981. The minimum absolute atomic E-state index is 0.175. The molecule has 2 heteroatoms. The van der Waals surface area contributed by atoms with Crippen molar-refractivity contribution in [1.29, 1.82) is 0 Å². The normalized spacial score (nSPS) is 24.4. The van der Waals surface area contributed by atoms with E-state index < -0.39 is 0 Å². The molecule has 1 unspecified atom stereocenters. The summed E-state index contributed by atoms with van der Waals surface area (Å²) in [6.45, 7) is 6.38. The van der Waals surface area contributed by atoms with Crippen LogP contribution in [0.1, 0.15) is 43.2 Å². The quantitative estimate of drug-likeness (QED) is 0.683. The van der Waals surface area contributed by atoms with Gasteiger partial charge in [-0.1, -0.05) is 19.9 Å². The van der Waals surface area contributed by atoms with Crippen molar-refractivity contribution in [2.75, 3.05) is 0 Å². The highest BCUT2D eigenvalue weighted by molar-refractivity contribution is 5.30. The molecule has 14 heavy (non-hydrogen) atoms. The van der Waals surface area contributed by atoms with E-state index in [0.29, 0.717) is 0 Å². The first-order valence-electron chi connectivity index (χ1n) is 5.11. The van der Waals surface area contributed by atoms with E-state index >= 15 is 0 Å². The minimum Gasteiger partial charge on any atom is -0.388 e. The zero-order valence-electron chi connectivity index (χ0n) is 9.04. The summed E-state index contributed by atoms with van der Waals surface area (Å²) in [6, 6.07) is 2.06. The summed E-state index contributed by atoms with van der Waals surface area (Å²) < 4.78 is 0. The fourth-order valence-electron chi connectivity index (χ4n) is 2.22. The number of fused-ring (bicyclic) bond motifs is 1. The first-order chi connectivity index (χ1) is 6.48. The Balaban J connectivity index is 2.45. The van der Waals surface area contributed by atoms with Crippen molar-refractivity contribution >= 4 is 0 Å². The van der Waals surface area contributed by atoms with Crippen molar-refractivity contribution in [3.63, 3.8) is 0 Å². The highest BCUT2D eigenvalue weighted by atomic mass is 16.3. The van der Waals surface area contributed by atoms with Crippen molar-refractivity contribution < 1.29 is 5.11 Å². The second kappa shape index (κ2) is 3.06. The van der Waals surface area contributed by atoms with Gasteiger partial charge in [-0.15, -0.1) is 0 Å². The van der Waals surface area contributed by atoms with Gasteiger partial charge in [-0.2, -0.15) is 0 Å². The van der Waals surface area contributed by atoms with E-state index in [9.17, 15) is 5.11 Å². The van der Waals surface area contributed by atoms with Gasteiger partial charge in [-0.05, 0) is 30.7 Å². The molecule has 0 spiro atoms. The van der Waals surface area contributed by atoms with E-state index in [0.717, 1.165) is 29.7 Å². The summed E-state index contributed by atoms with van der Waals surface area (Å²) in [6.07, 6.45) is 3.36. The van der Waals surface area contributed by atoms with Gasteiger partial charge in [0.2, 0.25) is 0 Å². The molecule has 1 N–H and O–H groups in total. The first kappa shape index (κ1) is 9.66. The lowest BCUT2D eigenvalue weighted by Crippen LogP contribution is -2.26. The summed E-state index contributed by atoms with van der Waals surface area (Å²) >= 11 is 0. The zero-order valence-corrected chi connectivity index (χ0v) is 9.04. The zero-order chi connectivity index (χ0) is 10.3. The third-order valence-electron chi connectivity index (χ3n) is 2.89. The maximum atomic E-state index is 9.98. The Morgan fingerprint density at radius 1 is 1.50 bits per heavy atom. The molecule has 0 aliphatic heterocycles. The summed E-state index contributed by atoms with van der Waals surface area (Å²) in [4.78, 5) is 4.40. The molecule has 76 valence electrons. The maximum absolute atomic E-state index is 9.98. The summed E-state index contributed by atoms with van der Waals surface area (Å²) in [7, 11) is 0. The predicted octanol–water partition coefficient (Wildman–Crippen LogP) is 2.40. The monoisotopic (exact) mass is 191 g/mol. The molecule has 0 radical (unpaired) electrons. The topological polar surface area (TPSA) is 33.1 Å². The van der Waals surface area contributed by atoms with Gasteiger partial charge in [0.15, 0.2) is 0 Å². The van der Waals surface area contributed by atoms with Gasteiger partial charge < -0.3 is 5.11 Å². The molecule has 0 amide bonds. The van der Waals surface area contributed by atoms with E-state index in [2.05, 4.69) is 24.9 Å². The molecule has 1 aliphatic carbocycles. The van der Waals surface area contributed by atoms with Crippen LogP contribution in [0.5, 0.6) is 0 Å². The second-order valence-electron chi connectivity index (χ2n) is 5.11. The standard InChI is InChI=1S/C12H17NO/c1-8-4-9-10(13-7-8)5-12(2,3)6-11(9)14/h4,7,11,14H,5-6H2,1-3H3. The van der Waals surface area contributed by atoms with Crippen molar-refractivity contribution in [2.24, 2.45) is 5.41 Å². The number of rotatable bonds is 0. The summed E-state index contributed by atoms with van der Waals surface area (Å²) in [5.41, 5.74) is 3.40. The van der Waals surface area contributed by atoms with Gasteiger partial charge >= 0.3 is 0 Å². The average Bonchev–Trinajstić information content (AvgIpc) is 2.05. The number of aliphatic hydroxyl groups is 1. The Bertz CT molecular complexity index is 357. The van der Waals surface area contributed by atoms with Crippen molar-refractivity contribution in [3.05, 3.63) is 29.1 Å². The molecule has 1 aromatic rings. The maximum Gasteiger partial charge on any atom is 0.0813 e. The number of nitrogens with zero attached hydrogens (tertiary/aromatic N) is 1. The van der Waals surface area contributed by atoms with Crippen molar-refractivity contribution in [1.82, 2.24) is 4.98 Å². The van der Waals surface area contributed by atoms with E-state index in [1.807, 2.05) is 13.1 Å². The largest absolute Gasteiger partial charge is 0.388 e. The average molecular weight is 191 g/mol. The van der Waals surface area contributed by atoms with Gasteiger partial charge in [0.05, 0.1) is 6.10 Å². The molecule has 1 aliphatic rings. The molecular formula is C12H17NO. The SMILES string of the molecule is Cc1cnc2c(c1)C(O)CC(C)(C)C2. The van der Waals surface area contributed by atoms with Crippen LogP contribution in [0.4, 0.5) is 0 Å². The van der Waals surface area contributed by atoms with Crippen LogP contribution in [0.3, 0.4) is 0 Å². The van der Waals surface area contributed by atoms with Crippen LogP contribution in [-0.2, 0) is 6.42 Å².